The molecular weight excluding hydrogens is 284 g/mol. The molecule has 0 amide bonds. The van der Waals surface area contributed by atoms with E-state index in [1.165, 1.54) is 11.1 Å². The molecular formula is C14H16BrCl. The van der Waals surface area contributed by atoms with Gasteiger partial charge in [0.05, 0.1) is 0 Å². The Balaban J connectivity index is 3.37. The van der Waals surface area contributed by atoms with Crippen molar-refractivity contribution < 1.29 is 0 Å². The van der Waals surface area contributed by atoms with Crippen LogP contribution >= 0.6 is 27.5 Å². The predicted octanol–water partition coefficient (Wildman–Crippen LogP) is 5.39. The minimum absolute atomic E-state index is 0.789. The van der Waals surface area contributed by atoms with E-state index in [-0.39, 0.29) is 0 Å². The lowest BCUT2D eigenvalue weighted by Gasteiger charge is -2.10. The van der Waals surface area contributed by atoms with Gasteiger partial charge in [0.1, 0.15) is 0 Å². The molecule has 0 unspecified atom stereocenters. The van der Waals surface area contributed by atoms with E-state index in [1.807, 2.05) is 19.1 Å². The molecule has 86 valence electrons. The maximum atomic E-state index is 5.93. The molecule has 1 rings (SSSR count). The molecule has 0 heterocycles. The van der Waals surface area contributed by atoms with Crippen LogP contribution in [0.25, 0.3) is 12.2 Å². The molecule has 0 bridgehead atoms. The van der Waals surface area contributed by atoms with Crippen LogP contribution in [0.3, 0.4) is 0 Å². The van der Waals surface area contributed by atoms with E-state index in [2.05, 4.69) is 41.6 Å². The van der Waals surface area contributed by atoms with E-state index in [1.54, 1.807) is 0 Å². The van der Waals surface area contributed by atoms with Crippen LogP contribution in [0.15, 0.2) is 23.7 Å². The van der Waals surface area contributed by atoms with Gasteiger partial charge >= 0.3 is 0 Å². The number of aryl methyl sites for hydroxylation is 1. The van der Waals surface area contributed by atoms with Crippen molar-refractivity contribution in [3.63, 3.8) is 0 Å². The summed E-state index contributed by atoms with van der Waals surface area (Å²) in [6.45, 7) is 7.89. The van der Waals surface area contributed by atoms with E-state index >= 15 is 0 Å². The Kier molecular flexibility index (Phi) is 5.30. The van der Waals surface area contributed by atoms with Gasteiger partial charge in [-0.05, 0) is 41.7 Å². The van der Waals surface area contributed by atoms with Crippen LogP contribution in [0.5, 0.6) is 0 Å². The Morgan fingerprint density at radius 3 is 2.44 bits per heavy atom. The Bertz CT molecular complexity index is 415. The summed E-state index contributed by atoms with van der Waals surface area (Å²) in [6.07, 6.45) is 4.88. The fraction of sp³-hybridized carbons (Fsp3) is 0.286. The molecule has 1 aromatic rings. The second-order valence-electron chi connectivity index (χ2n) is 3.67. The highest BCUT2D eigenvalue weighted by atomic mass is 79.9. The highest BCUT2D eigenvalue weighted by Gasteiger charge is 2.05. The van der Waals surface area contributed by atoms with E-state index in [4.69, 9.17) is 11.6 Å². The fourth-order valence-corrected chi connectivity index (χ4v) is 2.34. The van der Waals surface area contributed by atoms with Gasteiger partial charge in [0, 0.05) is 10.4 Å². The summed E-state index contributed by atoms with van der Waals surface area (Å²) in [5, 5.41) is 1.66. The average Bonchev–Trinajstić information content (AvgIpc) is 2.27. The minimum atomic E-state index is 0.789. The molecule has 0 aliphatic carbocycles. The van der Waals surface area contributed by atoms with Gasteiger partial charge in [0.25, 0.3) is 0 Å². The number of halogens is 2. The molecule has 0 nitrogen and oxygen atoms in total. The van der Waals surface area contributed by atoms with Gasteiger partial charge in [-0.2, -0.15) is 0 Å². The van der Waals surface area contributed by atoms with Gasteiger partial charge in [-0.3, -0.25) is 0 Å². The van der Waals surface area contributed by atoms with Gasteiger partial charge in [-0.1, -0.05) is 59.2 Å². The summed E-state index contributed by atoms with van der Waals surface area (Å²) in [4.78, 5) is 0. The number of allylic oxidation sites excluding steroid dienone is 1. The highest BCUT2D eigenvalue weighted by Crippen LogP contribution is 2.23. The first kappa shape index (κ1) is 13.5. The number of hydrogen-bond donors (Lipinski definition) is 0. The van der Waals surface area contributed by atoms with Gasteiger partial charge in [-0.15, -0.1) is 0 Å². The van der Waals surface area contributed by atoms with E-state index in [0.29, 0.717) is 0 Å². The average molecular weight is 300 g/mol. The van der Waals surface area contributed by atoms with Crippen molar-refractivity contribution in [2.24, 2.45) is 0 Å². The summed E-state index contributed by atoms with van der Waals surface area (Å²) >= 11 is 9.44. The molecule has 2 heteroatoms. The quantitative estimate of drug-likeness (QED) is 0.654. The third-order valence-electron chi connectivity index (χ3n) is 2.50. The summed E-state index contributed by atoms with van der Waals surface area (Å²) in [5.41, 5.74) is 4.95. The number of alkyl halides is 1. The standard InChI is InChI=1S/C14H16BrCl/c1-4-11-8-14(9-15)12(5-2)7-13(11)6-10(3)16/h4,6-8H,1,5,9H2,2-3H3/b10-6+. The van der Waals surface area contributed by atoms with Gasteiger partial charge in [0.2, 0.25) is 0 Å². The molecule has 0 radical (unpaired) electrons. The van der Waals surface area contributed by atoms with Gasteiger partial charge in [0.15, 0.2) is 0 Å². The SMILES string of the molecule is C=Cc1cc(CBr)c(CC)cc1/C=C(\C)Cl. The molecule has 0 saturated carbocycles. The second-order valence-corrected chi connectivity index (χ2v) is 4.83. The number of rotatable bonds is 4. The number of benzene rings is 1. The summed E-state index contributed by atoms with van der Waals surface area (Å²) in [5.74, 6) is 0. The van der Waals surface area contributed by atoms with Crippen LogP contribution in [-0.4, -0.2) is 0 Å². The summed E-state index contributed by atoms with van der Waals surface area (Å²) in [7, 11) is 0. The largest absolute Gasteiger partial charge is 0.0984 e. The Morgan fingerprint density at radius 1 is 1.38 bits per heavy atom. The molecule has 0 fully saturated rings. The molecule has 0 aliphatic heterocycles. The lowest BCUT2D eigenvalue weighted by molar-refractivity contribution is 1.10. The Hall–Kier alpha value is -0.530. The zero-order chi connectivity index (χ0) is 12.1. The topological polar surface area (TPSA) is 0 Å². The third kappa shape index (κ3) is 3.23. The Morgan fingerprint density at radius 2 is 2.00 bits per heavy atom. The van der Waals surface area contributed by atoms with E-state index in [9.17, 15) is 0 Å². The molecule has 0 N–H and O–H groups in total. The van der Waals surface area contributed by atoms with Crippen molar-refractivity contribution in [2.45, 2.75) is 25.6 Å². The van der Waals surface area contributed by atoms with E-state index < -0.39 is 0 Å². The van der Waals surface area contributed by atoms with Crippen molar-refractivity contribution in [1.82, 2.24) is 0 Å². The van der Waals surface area contributed by atoms with Crippen LogP contribution in [0.1, 0.15) is 36.1 Å². The monoisotopic (exact) mass is 298 g/mol. The minimum Gasteiger partial charge on any atom is -0.0984 e. The van der Waals surface area contributed by atoms with Crippen molar-refractivity contribution in [1.29, 1.82) is 0 Å². The zero-order valence-electron chi connectivity index (χ0n) is 9.69. The maximum absolute atomic E-state index is 5.93. The molecule has 0 spiro atoms. The van der Waals surface area contributed by atoms with Crippen LogP contribution in [0.2, 0.25) is 0 Å². The Labute approximate surface area is 111 Å². The first-order valence-corrected chi connectivity index (χ1v) is 6.80. The van der Waals surface area contributed by atoms with Crippen LogP contribution in [0.4, 0.5) is 0 Å². The van der Waals surface area contributed by atoms with Crippen LogP contribution in [-0.2, 0) is 11.8 Å². The van der Waals surface area contributed by atoms with Crippen molar-refractivity contribution in [3.8, 4) is 0 Å². The molecule has 0 atom stereocenters. The maximum Gasteiger partial charge on any atom is 0.0286 e. The van der Waals surface area contributed by atoms with Crippen molar-refractivity contribution in [2.75, 3.05) is 0 Å². The molecule has 0 saturated heterocycles. The van der Waals surface area contributed by atoms with Gasteiger partial charge in [-0.25, -0.2) is 0 Å². The summed E-state index contributed by atoms with van der Waals surface area (Å²) in [6, 6.07) is 4.37. The fourth-order valence-electron chi connectivity index (χ4n) is 1.70. The predicted molar refractivity (Wildman–Crippen MR) is 78.0 cm³/mol. The van der Waals surface area contributed by atoms with E-state index in [0.717, 1.165) is 27.9 Å². The lowest BCUT2D eigenvalue weighted by atomic mass is 9.97. The number of hydrogen-bond acceptors (Lipinski definition) is 0. The lowest BCUT2D eigenvalue weighted by Crippen LogP contribution is -1.93. The normalized spacial score (nSPS) is 11.6. The highest BCUT2D eigenvalue weighted by molar-refractivity contribution is 9.08. The second kappa shape index (κ2) is 6.27. The van der Waals surface area contributed by atoms with Crippen molar-refractivity contribution in [3.05, 3.63) is 46.0 Å². The molecule has 0 aromatic heterocycles. The van der Waals surface area contributed by atoms with Crippen molar-refractivity contribution >= 4 is 39.7 Å². The molecule has 1 aromatic carbocycles. The zero-order valence-corrected chi connectivity index (χ0v) is 12.0. The van der Waals surface area contributed by atoms with Gasteiger partial charge < -0.3 is 0 Å². The smallest absolute Gasteiger partial charge is 0.0286 e. The summed E-state index contributed by atoms with van der Waals surface area (Å²) < 4.78 is 0. The molecule has 0 aliphatic rings. The molecule has 16 heavy (non-hydrogen) atoms. The van der Waals surface area contributed by atoms with Crippen LogP contribution < -0.4 is 0 Å². The first-order valence-electron chi connectivity index (χ1n) is 5.30. The third-order valence-corrected chi connectivity index (χ3v) is 3.22. The first-order chi connectivity index (χ1) is 7.62. The van der Waals surface area contributed by atoms with Crippen LogP contribution in [0, 0.1) is 0 Å².